The standard InChI is InChI=1S/C12H18N4O3/c1-8-7-15(9(2)6-13-8)12-10(16(17)18)4-5-11(14-12)19-3/h4-5,8-9,13H,6-7H2,1-3H3. The summed E-state index contributed by atoms with van der Waals surface area (Å²) in [6.45, 7) is 5.52. The maximum absolute atomic E-state index is 11.1. The fraction of sp³-hybridized carbons (Fsp3) is 0.583. The Morgan fingerprint density at radius 1 is 1.53 bits per heavy atom. The number of ether oxygens (including phenoxy) is 1. The van der Waals surface area contributed by atoms with Crippen LogP contribution in [-0.2, 0) is 0 Å². The zero-order valence-electron chi connectivity index (χ0n) is 11.3. The molecule has 7 nitrogen and oxygen atoms in total. The van der Waals surface area contributed by atoms with Crippen LogP contribution in [0.2, 0.25) is 0 Å². The van der Waals surface area contributed by atoms with Crippen molar-refractivity contribution < 1.29 is 9.66 Å². The average Bonchev–Trinajstić information content (AvgIpc) is 2.40. The summed E-state index contributed by atoms with van der Waals surface area (Å²) >= 11 is 0. The molecule has 7 heteroatoms. The maximum Gasteiger partial charge on any atom is 0.311 e. The highest BCUT2D eigenvalue weighted by atomic mass is 16.6. The Labute approximate surface area is 111 Å². The van der Waals surface area contributed by atoms with E-state index in [4.69, 9.17) is 4.74 Å². The van der Waals surface area contributed by atoms with E-state index in [1.54, 1.807) is 0 Å². The monoisotopic (exact) mass is 266 g/mol. The van der Waals surface area contributed by atoms with Crippen LogP contribution in [-0.4, -0.2) is 42.2 Å². The highest BCUT2D eigenvalue weighted by Crippen LogP contribution is 2.30. The molecular formula is C12H18N4O3. The zero-order valence-corrected chi connectivity index (χ0v) is 11.3. The lowest BCUT2D eigenvalue weighted by molar-refractivity contribution is -0.384. The molecule has 1 aliphatic heterocycles. The fourth-order valence-corrected chi connectivity index (χ4v) is 2.21. The molecule has 0 saturated carbocycles. The van der Waals surface area contributed by atoms with Gasteiger partial charge in [0.15, 0.2) is 0 Å². The Morgan fingerprint density at radius 3 is 2.89 bits per heavy atom. The first-order valence-electron chi connectivity index (χ1n) is 6.22. The Morgan fingerprint density at radius 2 is 2.26 bits per heavy atom. The molecule has 104 valence electrons. The van der Waals surface area contributed by atoms with E-state index in [9.17, 15) is 10.1 Å². The first-order valence-corrected chi connectivity index (χ1v) is 6.22. The topological polar surface area (TPSA) is 80.5 Å². The third-order valence-corrected chi connectivity index (χ3v) is 3.27. The van der Waals surface area contributed by atoms with Gasteiger partial charge in [0, 0.05) is 37.3 Å². The van der Waals surface area contributed by atoms with Crippen molar-refractivity contribution in [3.05, 3.63) is 22.2 Å². The summed E-state index contributed by atoms with van der Waals surface area (Å²) in [6.07, 6.45) is 0. The number of pyridine rings is 1. The summed E-state index contributed by atoms with van der Waals surface area (Å²) in [7, 11) is 1.50. The molecule has 0 aromatic carbocycles. The van der Waals surface area contributed by atoms with E-state index >= 15 is 0 Å². The third kappa shape index (κ3) is 2.76. The van der Waals surface area contributed by atoms with Crippen LogP contribution < -0.4 is 15.0 Å². The van der Waals surface area contributed by atoms with Gasteiger partial charge in [-0.25, -0.2) is 0 Å². The van der Waals surface area contributed by atoms with Gasteiger partial charge in [-0.1, -0.05) is 0 Å². The first-order chi connectivity index (χ1) is 9.02. The molecule has 2 heterocycles. The van der Waals surface area contributed by atoms with Gasteiger partial charge in [0.1, 0.15) is 0 Å². The number of piperazine rings is 1. The molecular weight excluding hydrogens is 248 g/mol. The smallest absolute Gasteiger partial charge is 0.311 e. The van der Waals surface area contributed by atoms with E-state index in [2.05, 4.69) is 10.3 Å². The molecule has 0 amide bonds. The van der Waals surface area contributed by atoms with Gasteiger partial charge in [0.05, 0.1) is 12.0 Å². The van der Waals surface area contributed by atoms with E-state index in [-0.39, 0.29) is 17.8 Å². The summed E-state index contributed by atoms with van der Waals surface area (Å²) in [6, 6.07) is 3.37. The van der Waals surface area contributed by atoms with Crippen LogP contribution in [0.4, 0.5) is 11.5 Å². The van der Waals surface area contributed by atoms with E-state index in [0.29, 0.717) is 18.2 Å². The van der Waals surface area contributed by atoms with Crippen molar-refractivity contribution in [1.82, 2.24) is 10.3 Å². The van der Waals surface area contributed by atoms with Crippen molar-refractivity contribution in [2.24, 2.45) is 0 Å². The first kappa shape index (κ1) is 13.5. The van der Waals surface area contributed by atoms with Crippen LogP contribution in [0.5, 0.6) is 5.88 Å². The lowest BCUT2D eigenvalue weighted by Gasteiger charge is -2.38. The molecule has 1 N–H and O–H groups in total. The highest BCUT2D eigenvalue weighted by molar-refractivity contribution is 5.60. The number of nitrogens with one attached hydrogen (secondary N) is 1. The summed E-state index contributed by atoms with van der Waals surface area (Å²) < 4.78 is 5.07. The lowest BCUT2D eigenvalue weighted by atomic mass is 10.1. The molecule has 0 spiro atoms. The number of nitro groups is 1. The summed E-state index contributed by atoms with van der Waals surface area (Å²) in [5.74, 6) is 0.768. The number of aromatic nitrogens is 1. The van der Waals surface area contributed by atoms with Crippen LogP contribution in [0.25, 0.3) is 0 Å². The van der Waals surface area contributed by atoms with E-state index < -0.39 is 4.92 Å². The highest BCUT2D eigenvalue weighted by Gasteiger charge is 2.29. The van der Waals surface area contributed by atoms with Gasteiger partial charge in [-0.05, 0) is 13.8 Å². The normalized spacial score (nSPS) is 23.2. The molecule has 2 unspecified atom stereocenters. The van der Waals surface area contributed by atoms with Crippen molar-refractivity contribution in [2.45, 2.75) is 25.9 Å². The molecule has 0 radical (unpaired) electrons. The number of methoxy groups -OCH3 is 1. The minimum absolute atomic E-state index is 0.0155. The second kappa shape index (κ2) is 5.40. The van der Waals surface area contributed by atoms with Crippen LogP contribution >= 0.6 is 0 Å². The molecule has 19 heavy (non-hydrogen) atoms. The Hall–Kier alpha value is -1.89. The molecule has 1 aromatic rings. The van der Waals surface area contributed by atoms with E-state index in [1.807, 2.05) is 18.7 Å². The van der Waals surface area contributed by atoms with Crippen molar-refractivity contribution in [3.8, 4) is 5.88 Å². The molecule has 2 rings (SSSR count). The summed E-state index contributed by atoms with van der Waals surface area (Å²) in [4.78, 5) is 16.9. The van der Waals surface area contributed by atoms with Crippen LogP contribution in [0.15, 0.2) is 12.1 Å². The second-order valence-electron chi connectivity index (χ2n) is 4.76. The minimum Gasteiger partial charge on any atom is -0.481 e. The van der Waals surface area contributed by atoms with Gasteiger partial charge in [-0.15, -0.1) is 0 Å². The number of rotatable bonds is 3. The third-order valence-electron chi connectivity index (χ3n) is 3.27. The molecule has 0 aliphatic carbocycles. The predicted octanol–water partition coefficient (Wildman–Crippen LogP) is 1.18. The number of hydrogen-bond acceptors (Lipinski definition) is 6. The van der Waals surface area contributed by atoms with Crippen LogP contribution in [0, 0.1) is 10.1 Å². The Kier molecular flexibility index (Phi) is 3.84. The predicted molar refractivity (Wildman–Crippen MR) is 71.7 cm³/mol. The van der Waals surface area contributed by atoms with Gasteiger partial charge >= 0.3 is 5.69 Å². The maximum atomic E-state index is 11.1. The van der Waals surface area contributed by atoms with Gasteiger partial charge in [-0.3, -0.25) is 10.1 Å². The van der Waals surface area contributed by atoms with E-state index in [0.717, 1.165) is 6.54 Å². The second-order valence-corrected chi connectivity index (χ2v) is 4.76. The van der Waals surface area contributed by atoms with Crippen molar-refractivity contribution >= 4 is 11.5 Å². The van der Waals surface area contributed by atoms with Crippen molar-refractivity contribution in [1.29, 1.82) is 0 Å². The van der Waals surface area contributed by atoms with Gasteiger partial charge in [-0.2, -0.15) is 4.98 Å². The number of nitrogens with zero attached hydrogens (tertiary/aromatic N) is 3. The van der Waals surface area contributed by atoms with Gasteiger partial charge in [0.2, 0.25) is 11.7 Å². The Bertz CT molecular complexity index is 480. The average molecular weight is 266 g/mol. The van der Waals surface area contributed by atoms with E-state index in [1.165, 1.54) is 19.2 Å². The SMILES string of the molecule is COc1ccc([N+](=O)[O-])c(N2CC(C)NCC2C)n1. The summed E-state index contributed by atoms with van der Waals surface area (Å²) in [5.41, 5.74) is 0.0155. The summed E-state index contributed by atoms with van der Waals surface area (Å²) in [5, 5.41) is 14.5. The quantitative estimate of drug-likeness (QED) is 0.653. The van der Waals surface area contributed by atoms with Gasteiger partial charge < -0.3 is 15.0 Å². The molecule has 2 atom stereocenters. The fourth-order valence-electron chi connectivity index (χ4n) is 2.21. The molecule has 0 bridgehead atoms. The molecule has 1 aromatic heterocycles. The largest absolute Gasteiger partial charge is 0.481 e. The number of anilines is 1. The van der Waals surface area contributed by atoms with Crippen LogP contribution in [0.3, 0.4) is 0 Å². The Balaban J connectivity index is 2.42. The minimum atomic E-state index is -0.402. The molecule has 1 aliphatic rings. The van der Waals surface area contributed by atoms with Gasteiger partial charge in [0.25, 0.3) is 0 Å². The van der Waals surface area contributed by atoms with Crippen molar-refractivity contribution in [2.75, 3.05) is 25.1 Å². The molecule has 1 fully saturated rings. The van der Waals surface area contributed by atoms with Crippen molar-refractivity contribution in [3.63, 3.8) is 0 Å². The van der Waals surface area contributed by atoms with Crippen LogP contribution in [0.1, 0.15) is 13.8 Å². The number of hydrogen-bond donors (Lipinski definition) is 1. The zero-order chi connectivity index (χ0) is 14.0. The lowest BCUT2D eigenvalue weighted by Crippen LogP contribution is -2.54. The molecule has 1 saturated heterocycles.